The highest BCUT2D eigenvalue weighted by Crippen LogP contribution is 2.38. The monoisotopic (exact) mass is 305 g/mol. The Morgan fingerprint density at radius 2 is 2.19 bits per heavy atom. The Labute approximate surface area is 132 Å². The molecule has 2 unspecified atom stereocenters. The van der Waals surface area contributed by atoms with Gasteiger partial charge in [-0.25, -0.2) is 9.97 Å². The van der Waals surface area contributed by atoms with Crippen molar-refractivity contribution < 1.29 is 0 Å². The maximum Gasteiger partial charge on any atom is 0.141 e. The summed E-state index contributed by atoms with van der Waals surface area (Å²) in [6, 6.07) is 0. The summed E-state index contributed by atoms with van der Waals surface area (Å²) >= 11 is 2.02. The fourth-order valence-electron chi connectivity index (χ4n) is 3.16. The summed E-state index contributed by atoms with van der Waals surface area (Å²) in [6.07, 6.45) is 8.19. The second-order valence-corrected chi connectivity index (χ2v) is 8.75. The molecule has 3 rings (SSSR count). The molecular weight excluding hydrogens is 278 g/mol. The molecule has 4 heteroatoms. The Balaban J connectivity index is 1.64. The molecule has 0 amide bonds. The lowest BCUT2D eigenvalue weighted by Gasteiger charge is -2.28. The first-order chi connectivity index (χ1) is 10.0. The zero-order chi connectivity index (χ0) is 14.9. The fraction of sp³-hybridized carbons (Fsp3) is 0.765. The predicted octanol–water partition coefficient (Wildman–Crippen LogP) is 3.54. The molecule has 116 valence electrons. The van der Waals surface area contributed by atoms with E-state index in [4.69, 9.17) is 4.98 Å². The highest BCUT2D eigenvalue weighted by atomic mass is 32.2. The lowest BCUT2D eigenvalue weighted by molar-refractivity contribution is 0.346. The van der Waals surface area contributed by atoms with Crippen LogP contribution in [0.2, 0.25) is 0 Å². The van der Waals surface area contributed by atoms with Gasteiger partial charge in [0.15, 0.2) is 0 Å². The molecule has 1 aromatic heterocycles. The van der Waals surface area contributed by atoms with E-state index in [1.165, 1.54) is 36.3 Å². The molecule has 21 heavy (non-hydrogen) atoms. The maximum atomic E-state index is 4.89. The van der Waals surface area contributed by atoms with Crippen molar-refractivity contribution in [1.29, 1.82) is 0 Å². The third-order valence-corrected chi connectivity index (χ3v) is 5.78. The molecule has 0 saturated carbocycles. The van der Waals surface area contributed by atoms with Crippen LogP contribution in [0.15, 0.2) is 6.20 Å². The van der Waals surface area contributed by atoms with Crippen LogP contribution in [0.25, 0.3) is 0 Å². The number of hydrogen-bond acceptors (Lipinski definition) is 4. The molecule has 1 aliphatic heterocycles. The number of aromatic nitrogens is 2. The van der Waals surface area contributed by atoms with Gasteiger partial charge in [0.25, 0.3) is 0 Å². The van der Waals surface area contributed by atoms with Crippen molar-refractivity contribution in [3.05, 3.63) is 23.3 Å². The van der Waals surface area contributed by atoms with Gasteiger partial charge in [0, 0.05) is 17.4 Å². The average molecular weight is 305 g/mol. The lowest BCUT2D eigenvalue weighted by atomic mass is 9.86. The van der Waals surface area contributed by atoms with Gasteiger partial charge in [0.05, 0.1) is 5.25 Å². The average Bonchev–Trinajstić information content (AvgIpc) is 2.98. The fourth-order valence-corrected chi connectivity index (χ4v) is 4.37. The van der Waals surface area contributed by atoms with Gasteiger partial charge in [-0.05, 0) is 76.7 Å². The quantitative estimate of drug-likeness (QED) is 0.927. The second kappa shape index (κ2) is 6.25. The molecular formula is C17H27N3S. The topological polar surface area (TPSA) is 37.8 Å². The van der Waals surface area contributed by atoms with Gasteiger partial charge in [-0.2, -0.15) is 11.8 Å². The smallest absolute Gasteiger partial charge is 0.141 e. The van der Waals surface area contributed by atoms with Crippen molar-refractivity contribution >= 4 is 11.8 Å². The highest BCUT2D eigenvalue weighted by Gasteiger charge is 2.25. The standard InChI is InChI=1S/C17H27N3S/c1-17(2,3)19-10-12-6-7-14-13(9-12)11-18-16(20-14)15-5-4-8-21-15/h11-12,15,19H,4-10H2,1-3H3. The Kier molecular flexibility index (Phi) is 4.55. The van der Waals surface area contributed by atoms with Crippen molar-refractivity contribution in [2.45, 2.75) is 63.7 Å². The van der Waals surface area contributed by atoms with Crippen molar-refractivity contribution in [2.75, 3.05) is 12.3 Å². The number of rotatable bonds is 3. The molecule has 0 spiro atoms. The van der Waals surface area contributed by atoms with Crippen molar-refractivity contribution in [3.63, 3.8) is 0 Å². The van der Waals surface area contributed by atoms with Gasteiger partial charge in [-0.15, -0.1) is 0 Å². The molecule has 0 aromatic carbocycles. The van der Waals surface area contributed by atoms with E-state index in [9.17, 15) is 0 Å². The molecule has 1 aromatic rings. The van der Waals surface area contributed by atoms with Crippen LogP contribution in [0, 0.1) is 5.92 Å². The van der Waals surface area contributed by atoms with Gasteiger partial charge < -0.3 is 5.32 Å². The molecule has 2 heterocycles. The molecule has 2 atom stereocenters. The number of nitrogens with zero attached hydrogens (tertiary/aromatic N) is 2. The lowest BCUT2D eigenvalue weighted by Crippen LogP contribution is -2.40. The molecule has 1 saturated heterocycles. The third-order valence-electron chi connectivity index (χ3n) is 4.41. The third kappa shape index (κ3) is 3.98. The molecule has 0 radical (unpaired) electrons. The second-order valence-electron chi connectivity index (χ2n) is 7.44. The maximum absolute atomic E-state index is 4.89. The summed E-state index contributed by atoms with van der Waals surface area (Å²) in [4.78, 5) is 9.55. The minimum atomic E-state index is 0.209. The van der Waals surface area contributed by atoms with Crippen LogP contribution in [0.1, 0.15) is 62.4 Å². The molecule has 0 bridgehead atoms. The first-order valence-corrected chi connectivity index (χ1v) is 9.27. The number of aryl methyl sites for hydroxylation is 1. The van der Waals surface area contributed by atoms with E-state index in [1.54, 1.807) is 0 Å². The van der Waals surface area contributed by atoms with Crippen LogP contribution in [0.4, 0.5) is 0 Å². The molecule has 1 aliphatic carbocycles. The number of thioether (sulfide) groups is 1. The minimum absolute atomic E-state index is 0.209. The number of hydrogen-bond donors (Lipinski definition) is 1. The van der Waals surface area contributed by atoms with Crippen LogP contribution in [-0.2, 0) is 12.8 Å². The van der Waals surface area contributed by atoms with Crippen LogP contribution < -0.4 is 5.32 Å². The summed E-state index contributed by atoms with van der Waals surface area (Å²) in [7, 11) is 0. The van der Waals surface area contributed by atoms with E-state index < -0.39 is 0 Å². The zero-order valence-corrected chi connectivity index (χ0v) is 14.3. The summed E-state index contributed by atoms with van der Waals surface area (Å²) in [5, 5.41) is 4.19. The summed E-state index contributed by atoms with van der Waals surface area (Å²) in [5.41, 5.74) is 2.91. The SMILES string of the molecule is CC(C)(C)NCC1CCc2nc(C3CCCS3)ncc2C1. The van der Waals surface area contributed by atoms with Gasteiger partial charge in [0.2, 0.25) is 0 Å². The Hall–Kier alpha value is -0.610. The van der Waals surface area contributed by atoms with Crippen LogP contribution in [0.3, 0.4) is 0 Å². The van der Waals surface area contributed by atoms with Crippen LogP contribution in [-0.4, -0.2) is 27.8 Å². The Morgan fingerprint density at radius 3 is 2.90 bits per heavy atom. The Morgan fingerprint density at radius 1 is 1.33 bits per heavy atom. The van der Waals surface area contributed by atoms with Crippen molar-refractivity contribution in [2.24, 2.45) is 5.92 Å². The van der Waals surface area contributed by atoms with Crippen LogP contribution >= 0.6 is 11.8 Å². The first-order valence-electron chi connectivity index (χ1n) is 8.22. The molecule has 1 N–H and O–H groups in total. The van der Waals surface area contributed by atoms with E-state index in [0.717, 1.165) is 31.1 Å². The minimum Gasteiger partial charge on any atom is -0.312 e. The van der Waals surface area contributed by atoms with Crippen LogP contribution in [0.5, 0.6) is 0 Å². The highest BCUT2D eigenvalue weighted by molar-refractivity contribution is 7.99. The normalized spacial score (nSPS) is 25.9. The molecule has 1 fully saturated rings. The summed E-state index contributed by atoms with van der Waals surface area (Å²) in [6.45, 7) is 7.80. The van der Waals surface area contributed by atoms with E-state index in [0.29, 0.717) is 5.25 Å². The van der Waals surface area contributed by atoms with E-state index in [1.807, 2.05) is 11.8 Å². The van der Waals surface area contributed by atoms with E-state index in [2.05, 4.69) is 37.3 Å². The summed E-state index contributed by atoms with van der Waals surface area (Å²) < 4.78 is 0. The van der Waals surface area contributed by atoms with Gasteiger partial charge >= 0.3 is 0 Å². The molecule has 3 nitrogen and oxygen atoms in total. The molecule has 2 aliphatic rings. The Bertz CT molecular complexity index is 489. The predicted molar refractivity (Wildman–Crippen MR) is 89.7 cm³/mol. The number of nitrogens with one attached hydrogen (secondary N) is 1. The van der Waals surface area contributed by atoms with Crippen molar-refractivity contribution in [3.8, 4) is 0 Å². The van der Waals surface area contributed by atoms with Crippen molar-refractivity contribution in [1.82, 2.24) is 15.3 Å². The van der Waals surface area contributed by atoms with Gasteiger partial charge in [0.1, 0.15) is 5.82 Å². The van der Waals surface area contributed by atoms with Gasteiger partial charge in [-0.3, -0.25) is 0 Å². The number of fused-ring (bicyclic) bond motifs is 1. The summed E-state index contributed by atoms with van der Waals surface area (Å²) in [5.74, 6) is 3.08. The largest absolute Gasteiger partial charge is 0.312 e. The van der Waals surface area contributed by atoms with E-state index >= 15 is 0 Å². The first kappa shape index (κ1) is 15.3. The van der Waals surface area contributed by atoms with Gasteiger partial charge in [-0.1, -0.05) is 0 Å². The van der Waals surface area contributed by atoms with E-state index in [-0.39, 0.29) is 5.54 Å². The zero-order valence-electron chi connectivity index (χ0n) is 13.5.